The third-order valence-electron chi connectivity index (χ3n) is 4.14. The SMILES string of the molecule is CCc1nc2c(cnn2C(C)(C)C)c(=O)n1NC(=O)Cc1ccc(F)cc1. The molecule has 3 rings (SSSR count). The van der Waals surface area contributed by atoms with Gasteiger partial charge in [0.15, 0.2) is 5.65 Å². The summed E-state index contributed by atoms with van der Waals surface area (Å²) in [5.41, 5.74) is 3.04. The predicted molar refractivity (Wildman–Crippen MR) is 101 cm³/mol. The van der Waals surface area contributed by atoms with Crippen molar-refractivity contribution >= 4 is 16.9 Å². The maximum atomic E-state index is 13.0. The number of rotatable bonds is 4. The van der Waals surface area contributed by atoms with Crippen molar-refractivity contribution in [3.63, 3.8) is 0 Å². The van der Waals surface area contributed by atoms with Crippen LogP contribution in [0.5, 0.6) is 0 Å². The van der Waals surface area contributed by atoms with Crippen LogP contribution < -0.4 is 11.0 Å². The fraction of sp³-hybridized carbons (Fsp3) is 0.368. The number of aryl methyl sites for hydroxylation is 1. The Labute approximate surface area is 155 Å². The smallest absolute Gasteiger partial charge is 0.273 e. The summed E-state index contributed by atoms with van der Waals surface area (Å²) in [5.74, 6) is -0.317. The van der Waals surface area contributed by atoms with Gasteiger partial charge in [-0.05, 0) is 38.5 Å². The molecule has 1 amide bonds. The van der Waals surface area contributed by atoms with E-state index in [1.807, 2.05) is 27.7 Å². The maximum Gasteiger partial charge on any atom is 0.283 e. The number of amides is 1. The fourth-order valence-corrected chi connectivity index (χ4v) is 2.81. The Hall–Kier alpha value is -3.03. The molecule has 0 atom stereocenters. The van der Waals surface area contributed by atoms with Crippen molar-refractivity contribution in [1.29, 1.82) is 0 Å². The molecule has 0 unspecified atom stereocenters. The van der Waals surface area contributed by atoms with Crippen LogP contribution in [-0.4, -0.2) is 25.3 Å². The van der Waals surface area contributed by atoms with Gasteiger partial charge in [0.2, 0.25) is 5.91 Å². The minimum Gasteiger partial charge on any atom is -0.273 e. The Kier molecular flexibility index (Phi) is 4.82. The van der Waals surface area contributed by atoms with Crippen LogP contribution >= 0.6 is 0 Å². The van der Waals surface area contributed by atoms with Crippen LogP contribution in [0.2, 0.25) is 0 Å². The zero-order valence-corrected chi connectivity index (χ0v) is 15.8. The van der Waals surface area contributed by atoms with Crippen molar-refractivity contribution in [2.45, 2.75) is 46.1 Å². The first-order valence-electron chi connectivity index (χ1n) is 8.75. The van der Waals surface area contributed by atoms with Crippen molar-refractivity contribution in [2.24, 2.45) is 0 Å². The molecular formula is C19H22FN5O2. The van der Waals surface area contributed by atoms with E-state index in [4.69, 9.17) is 0 Å². The molecule has 0 aliphatic heterocycles. The first-order chi connectivity index (χ1) is 12.7. The van der Waals surface area contributed by atoms with Crippen LogP contribution in [0.15, 0.2) is 35.3 Å². The molecule has 1 aromatic carbocycles. The normalized spacial score (nSPS) is 11.7. The number of benzene rings is 1. The van der Waals surface area contributed by atoms with E-state index in [1.165, 1.54) is 35.1 Å². The van der Waals surface area contributed by atoms with Crippen molar-refractivity contribution < 1.29 is 9.18 Å². The third kappa shape index (κ3) is 3.74. The highest BCUT2D eigenvalue weighted by Gasteiger charge is 2.22. The second-order valence-corrected chi connectivity index (χ2v) is 7.32. The van der Waals surface area contributed by atoms with Crippen LogP contribution in [0.1, 0.15) is 39.1 Å². The van der Waals surface area contributed by atoms with Crippen molar-refractivity contribution in [3.8, 4) is 0 Å². The summed E-state index contributed by atoms with van der Waals surface area (Å²) >= 11 is 0. The van der Waals surface area contributed by atoms with Crippen LogP contribution in [0.3, 0.4) is 0 Å². The second kappa shape index (κ2) is 6.94. The van der Waals surface area contributed by atoms with E-state index in [9.17, 15) is 14.0 Å². The number of nitrogens with zero attached hydrogens (tertiary/aromatic N) is 4. The number of hydrogen-bond donors (Lipinski definition) is 1. The van der Waals surface area contributed by atoms with Gasteiger partial charge in [-0.3, -0.25) is 15.0 Å². The number of nitrogens with one attached hydrogen (secondary N) is 1. The minimum atomic E-state index is -0.386. The molecule has 0 fully saturated rings. The lowest BCUT2D eigenvalue weighted by Crippen LogP contribution is -2.37. The molecule has 7 nitrogen and oxygen atoms in total. The van der Waals surface area contributed by atoms with E-state index in [2.05, 4.69) is 15.5 Å². The third-order valence-corrected chi connectivity index (χ3v) is 4.14. The molecular weight excluding hydrogens is 349 g/mol. The average molecular weight is 371 g/mol. The van der Waals surface area contributed by atoms with Crippen molar-refractivity contribution in [3.05, 3.63) is 58.0 Å². The van der Waals surface area contributed by atoms with E-state index in [-0.39, 0.29) is 29.2 Å². The van der Waals surface area contributed by atoms with Crippen LogP contribution in [0, 0.1) is 5.82 Å². The molecule has 0 radical (unpaired) electrons. The first-order valence-corrected chi connectivity index (χ1v) is 8.75. The molecule has 0 bridgehead atoms. The molecule has 2 aromatic heterocycles. The summed E-state index contributed by atoms with van der Waals surface area (Å²) in [7, 11) is 0. The van der Waals surface area contributed by atoms with E-state index in [1.54, 1.807) is 4.68 Å². The van der Waals surface area contributed by atoms with E-state index >= 15 is 0 Å². The van der Waals surface area contributed by atoms with Crippen LogP contribution in [-0.2, 0) is 23.2 Å². The van der Waals surface area contributed by atoms with E-state index in [0.29, 0.717) is 28.8 Å². The van der Waals surface area contributed by atoms with Crippen molar-refractivity contribution in [2.75, 3.05) is 5.43 Å². The van der Waals surface area contributed by atoms with Gasteiger partial charge in [-0.25, -0.2) is 18.7 Å². The Bertz CT molecular complexity index is 1040. The Morgan fingerprint density at radius 1 is 1.22 bits per heavy atom. The maximum absolute atomic E-state index is 13.0. The average Bonchev–Trinajstić information content (AvgIpc) is 3.03. The molecule has 8 heteroatoms. The number of halogens is 1. The van der Waals surface area contributed by atoms with Crippen molar-refractivity contribution in [1.82, 2.24) is 19.4 Å². The molecule has 0 saturated heterocycles. The molecule has 0 spiro atoms. The number of hydrogen-bond acceptors (Lipinski definition) is 4. The topological polar surface area (TPSA) is 81.8 Å². The lowest BCUT2D eigenvalue weighted by molar-refractivity contribution is -0.116. The summed E-state index contributed by atoms with van der Waals surface area (Å²) in [6.45, 7) is 7.78. The summed E-state index contributed by atoms with van der Waals surface area (Å²) in [6, 6.07) is 5.65. The molecule has 0 aliphatic carbocycles. The summed E-state index contributed by atoms with van der Waals surface area (Å²) in [4.78, 5) is 29.8. The number of fused-ring (bicyclic) bond motifs is 1. The lowest BCUT2D eigenvalue weighted by Gasteiger charge is -2.20. The van der Waals surface area contributed by atoms with Gasteiger partial charge in [-0.1, -0.05) is 19.1 Å². The molecule has 142 valence electrons. The van der Waals surface area contributed by atoms with Crippen LogP contribution in [0.25, 0.3) is 11.0 Å². The van der Waals surface area contributed by atoms with Gasteiger partial charge in [0.1, 0.15) is 17.0 Å². The standard InChI is InChI=1S/C19H22FN5O2/c1-5-15-22-17-14(11-21-25(17)19(2,3)4)18(27)24(15)23-16(26)10-12-6-8-13(20)9-7-12/h6-9,11H,5,10H2,1-4H3,(H,23,26). The Morgan fingerprint density at radius 3 is 2.48 bits per heavy atom. The Balaban J connectivity index is 1.96. The molecule has 2 heterocycles. The van der Waals surface area contributed by atoms with E-state index < -0.39 is 0 Å². The van der Waals surface area contributed by atoms with Crippen LogP contribution in [0.4, 0.5) is 4.39 Å². The molecule has 27 heavy (non-hydrogen) atoms. The Morgan fingerprint density at radius 2 is 1.89 bits per heavy atom. The zero-order chi connectivity index (χ0) is 19.8. The highest BCUT2D eigenvalue weighted by molar-refractivity contribution is 5.86. The highest BCUT2D eigenvalue weighted by atomic mass is 19.1. The van der Waals surface area contributed by atoms with Gasteiger partial charge in [0.25, 0.3) is 5.56 Å². The van der Waals surface area contributed by atoms with Gasteiger partial charge in [-0.2, -0.15) is 5.10 Å². The summed E-state index contributed by atoms with van der Waals surface area (Å²) in [5, 5.41) is 4.63. The number of aromatic nitrogens is 4. The quantitative estimate of drug-likeness (QED) is 0.763. The monoisotopic (exact) mass is 371 g/mol. The number of carbonyl (C=O) groups is 1. The molecule has 0 saturated carbocycles. The summed E-state index contributed by atoms with van der Waals surface area (Å²) < 4.78 is 15.9. The highest BCUT2D eigenvalue weighted by Crippen LogP contribution is 2.18. The zero-order valence-electron chi connectivity index (χ0n) is 15.8. The largest absolute Gasteiger partial charge is 0.283 e. The predicted octanol–water partition coefficient (Wildman–Crippen LogP) is 2.36. The molecule has 0 aliphatic rings. The first kappa shape index (κ1) is 18.8. The molecule has 3 aromatic rings. The lowest BCUT2D eigenvalue weighted by atomic mass is 10.1. The van der Waals surface area contributed by atoms with Gasteiger partial charge in [0.05, 0.1) is 18.2 Å². The van der Waals surface area contributed by atoms with Gasteiger partial charge < -0.3 is 0 Å². The summed E-state index contributed by atoms with van der Waals surface area (Å²) in [6.07, 6.45) is 1.95. The minimum absolute atomic E-state index is 0.0230. The second-order valence-electron chi connectivity index (χ2n) is 7.32. The molecule has 1 N–H and O–H groups in total. The number of carbonyl (C=O) groups excluding carboxylic acids is 1. The van der Waals surface area contributed by atoms with Gasteiger partial charge >= 0.3 is 0 Å². The van der Waals surface area contributed by atoms with Gasteiger partial charge in [-0.15, -0.1) is 0 Å². The van der Waals surface area contributed by atoms with Gasteiger partial charge in [0, 0.05) is 6.42 Å². The van der Waals surface area contributed by atoms with E-state index in [0.717, 1.165) is 0 Å². The fourth-order valence-electron chi connectivity index (χ4n) is 2.81.